The standard InChI is InChI=1S/C31H30ClN3O5/c1-30(2)14-20(15-31(3,4)40-30)34-29(37)19-9-10-26(23(32)12-19)39-25-7-5-6-21(22(25)16-33)18-8-11-27-24(13-18)35-28(36)17-38-27/h5-13,20H,14-15,17H2,1-4H3,(H,34,37)(H,35,36). The molecule has 3 aromatic rings. The van der Waals surface area contributed by atoms with Gasteiger partial charge in [0.15, 0.2) is 6.61 Å². The van der Waals surface area contributed by atoms with Gasteiger partial charge in [-0.2, -0.15) is 5.26 Å². The molecule has 0 unspecified atom stereocenters. The Kier molecular flexibility index (Phi) is 7.21. The summed E-state index contributed by atoms with van der Waals surface area (Å²) in [6.45, 7) is 8.07. The van der Waals surface area contributed by atoms with Crippen molar-refractivity contribution in [3.8, 4) is 34.4 Å². The van der Waals surface area contributed by atoms with Gasteiger partial charge in [0.1, 0.15) is 28.9 Å². The van der Waals surface area contributed by atoms with E-state index in [-0.39, 0.29) is 40.7 Å². The normalized spacial score (nSPS) is 17.6. The number of benzene rings is 3. The summed E-state index contributed by atoms with van der Waals surface area (Å²) in [4.78, 5) is 24.8. The highest BCUT2D eigenvalue weighted by Crippen LogP contribution is 2.39. The third-order valence-electron chi connectivity index (χ3n) is 6.84. The van der Waals surface area contributed by atoms with E-state index in [1.165, 1.54) is 0 Å². The van der Waals surface area contributed by atoms with Crippen LogP contribution in [0.1, 0.15) is 56.5 Å². The average molecular weight is 560 g/mol. The molecule has 1 fully saturated rings. The first-order valence-electron chi connectivity index (χ1n) is 13.0. The molecule has 5 rings (SSSR count). The van der Waals surface area contributed by atoms with Gasteiger partial charge in [0.05, 0.1) is 21.9 Å². The van der Waals surface area contributed by atoms with E-state index in [9.17, 15) is 14.9 Å². The molecule has 2 heterocycles. The van der Waals surface area contributed by atoms with Crippen molar-refractivity contribution in [2.75, 3.05) is 11.9 Å². The van der Waals surface area contributed by atoms with Crippen LogP contribution in [0.3, 0.4) is 0 Å². The predicted molar refractivity (Wildman–Crippen MR) is 152 cm³/mol. The fraction of sp³-hybridized carbons (Fsp3) is 0.323. The second-order valence-electron chi connectivity index (χ2n) is 11.3. The van der Waals surface area contributed by atoms with Crippen molar-refractivity contribution in [1.82, 2.24) is 5.32 Å². The third kappa shape index (κ3) is 5.91. The van der Waals surface area contributed by atoms with Crippen molar-refractivity contribution in [3.05, 3.63) is 70.7 Å². The van der Waals surface area contributed by atoms with Gasteiger partial charge in [-0.25, -0.2) is 0 Å². The predicted octanol–water partition coefficient (Wildman–Crippen LogP) is 6.47. The quantitative estimate of drug-likeness (QED) is 0.371. The molecule has 2 amide bonds. The fourth-order valence-electron chi connectivity index (χ4n) is 5.53. The van der Waals surface area contributed by atoms with Gasteiger partial charge in [-0.3, -0.25) is 9.59 Å². The largest absolute Gasteiger partial charge is 0.482 e. The number of hydrogen-bond donors (Lipinski definition) is 2. The van der Waals surface area contributed by atoms with Crippen LogP contribution in [0.4, 0.5) is 5.69 Å². The van der Waals surface area contributed by atoms with Crippen molar-refractivity contribution in [1.29, 1.82) is 5.26 Å². The highest BCUT2D eigenvalue weighted by Gasteiger charge is 2.39. The molecular formula is C31H30ClN3O5. The van der Waals surface area contributed by atoms with E-state index in [0.29, 0.717) is 58.0 Å². The molecule has 2 aliphatic rings. The molecule has 40 heavy (non-hydrogen) atoms. The zero-order chi connectivity index (χ0) is 28.7. The molecule has 2 aliphatic heterocycles. The number of nitriles is 1. The van der Waals surface area contributed by atoms with Crippen LogP contribution in [0.25, 0.3) is 11.1 Å². The van der Waals surface area contributed by atoms with Crippen molar-refractivity contribution < 1.29 is 23.8 Å². The summed E-state index contributed by atoms with van der Waals surface area (Å²) < 4.78 is 17.6. The Morgan fingerprint density at radius 1 is 1.07 bits per heavy atom. The Balaban J connectivity index is 1.35. The molecule has 0 saturated carbocycles. The first-order chi connectivity index (χ1) is 18.9. The number of halogens is 1. The molecule has 3 aromatic carbocycles. The Hall–Kier alpha value is -4.06. The summed E-state index contributed by atoms with van der Waals surface area (Å²) in [5.74, 6) is 0.717. The summed E-state index contributed by atoms with van der Waals surface area (Å²) in [5.41, 5.74) is 1.89. The minimum atomic E-state index is -0.344. The van der Waals surface area contributed by atoms with Gasteiger partial charge in [-0.1, -0.05) is 29.8 Å². The molecule has 0 radical (unpaired) electrons. The van der Waals surface area contributed by atoms with E-state index in [1.54, 1.807) is 48.5 Å². The van der Waals surface area contributed by atoms with Crippen LogP contribution in [-0.4, -0.2) is 35.7 Å². The molecule has 8 nitrogen and oxygen atoms in total. The van der Waals surface area contributed by atoms with Gasteiger partial charge < -0.3 is 24.8 Å². The summed E-state index contributed by atoms with van der Waals surface area (Å²) in [6, 6.07) is 17.6. The maximum Gasteiger partial charge on any atom is 0.262 e. The molecule has 0 bridgehead atoms. The van der Waals surface area contributed by atoms with Crippen LogP contribution >= 0.6 is 11.6 Å². The topological polar surface area (TPSA) is 110 Å². The number of nitrogens with zero attached hydrogens (tertiary/aromatic N) is 1. The van der Waals surface area contributed by atoms with E-state index in [0.717, 1.165) is 0 Å². The monoisotopic (exact) mass is 559 g/mol. The van der Waals surface area contributed by atoms with Gasteiger partial charge >= 0.3 is 0 Å². The Morgan fingerprint density at radius 3 is 2.52 bits per heavy atom. The van der Waals surface area contributed by atoms with E-state index in [4.69, 9.17) is 25.8 Å². The number of anilines is 1. The maximum absolute atomic E-state index is 13.1. The van der Waals surface area contributed by atoms with Crippen molar-refractivity contribution >= 4 is 29.1 Å². The van der Waals surface area contributed by atoms with Crippen LogP contribution in [0.5, 0.6) is 17.2 Å². The summed E-state index contributed by atoms with van der Waals surface area (Å²) in [7, 11) is 0. The van der Waals surface area contributed by atoms with Gasteiger partial charge in [0.25, 0.3) is 11.8 Å². The molecule has 0 aliphatic carbocycles. The highest BCUT2D eigenvalue weighted by molar-refractivity contribution is 6.32. The van der Waals surface area contributed by atoms with Gasteiger partial charge in [-0.05, 0) is 82.5 Å². The molecule has 0 spiro atoms. The molecule has 0 atom stereocenters. The number of carbonyl (C=O) groups is 2. The van der Waals surface area contributed by atoms with E-state index in [2.05, 4.69) is 16.7 Å². The van der Waals surface area contributed by atoms with Crippen LogP contribution in [0.15, 0.2) is 54.6 Å². The number of amides is 2. The number of hydrogen-bond acceptors (Lipinski definition) is 6. The second kappa shape index (κ2) is 10.5. The zero-order valence-corrected chi connectivity index (χ0v) is 23.5. The second-order valence-corrected chi connectivity index (χ2v) is 11.7. The SMILES string of the molecule is CC1(C)CC(NC(=O)c2ccc(Oc3cccc(-c4ccc5c(c4)NC(=O)CO5)c3C#N)c(Cl)c2)CC(C)(C)O1. The Bertz CT molecular complexity index is 1530. The first-order valence-corrected chi connectivity index (χ1v) is 13.4. The maximum atomic E-state index is 13.1. The number of rotatable bonds is 5. The molecule has 9 heteroatoms. The lowest BCUT2D eigenvalue weighted by Crippen LogP contribution is -2.52. The average Bonchev–Trinajstić information content (AvgIpc) is 2.87. The van der Waals surface area contributed by atoms with Crippen LogP contribution in [-0.2, 0) is 9.53 Å². The number of carbonyl (C=O) groups excluding carboxylic acids is 2. The zero-order valence-electron chi connectivity index (χ0n) is 22.8. The molecule has 206 valence electrons. The van der Waals surface area contributed by atoms with Gasteiger partial charge in [0.2, 0.25) is 0 Å². The first kappa shape index (κ1) is 27.5. The van der Waals surface area contributed by atoms with Crippen molar-refractivity contribution in [3.63, 3.8) is 0 Å². The number of ether oxygens (including phenoxy) is 3. The number of fused-ring (bicyclic) bond motifs is 1. The summed E-state index contributed by atoms with van der Waals surface area (Å²) in [5, 5.41) is 16.2. The minimum absolute atomic E-state index is 0.0355. The molecule has 0 aromatic heterocycles. The van der Waals surface area contributed by atoms with E-state index < -0.39 is 0 Å². The van der Waals surface area contributed by atoms with Crippen LogP contribution in [0, 0.1) is 11.3 Å². The minimum Gasteiger partial charge on any atom is -0.482 e. The smallest absolute Gasteiger partial charge is 0.262 e. The summed E-state index contributed by atoms with van der Waals surface area (Å²) >= 11 is 6.54. The Morgan fingerprint density at radius 2 is 1.82 bits per heavy atom. The highest BCUT2D eigenvalue weighted by atomic mass is 35.5. The van der Waals surface area contributed by atoms with E-state index in [1.807, 2.05) is 33.8 Å². The van der Waals surface area contributed by atoms with Gasteiger partial charge in [0, 0.05) is 17.2 Å². The lowest BCUT2D eigenvalue weighted by Gasteiger charge is -2.45. The summed E-state index contributed by atoms with van der Waals surface area (Å²) in [6.07, 6.45) is 1.40. The van der Waals surface area contributed by atoms with Crippen LogP contribution < -0.4 is 20.1 Å². The fourth-order valence-corrected chi connectivity index (χ4v) is 5.75. The van der Waals surface area contributed by atoms with Crippen LogP contribution in [0.2, 0.25) is 5.02 Å². The Labute approximate surface area is 238 Å². The van der Waals surface area contributed by atoms with Crippen molar-refractivity contribution in [2.45, 2.75) is 57.8 Å². The third-order valence-corrected chi connectivity index (χ3v) is 7.13. The molecular weight excluding hydrogens is 530 g/mol. The molecule has 1 saturated heterocycles. The van der Waals surface area contributed by atoms with Gasteiger partial charge in [-0.15, -0.1) is 0 Å². The number of nitrogens with one attached hydrogen (secondary N) is 2. The van der Waals surface area contributed by atoms with Crippen molar-refractivity contribution in [2.24, 2.45) is 0 Å². The lowest BCUT2D eigenvalue weighted by atomic mass is 9.85. The van der Waals surface area contributed by atoms with E-state index >= 15 is 0 Å². The lowest BCUT2D eigenvalue weighted by molar-refractivity contribution is -0.162. The molecule has 2 N–H and O–H groups in total.